The Morgan fingerprint density at radius 3 is 2.47 bits per heavy atom. The molecule has 0 unspecified atom stereocenters. The van der Waals surface area contributed by atoms with Crippen LogP contribution in [0.5, 0.6) is 0 Å². The lowest BCUT2D eigenvalue weighted by Gasteiger charge is -2.10. The van der Waals surface area contributed by atoms with Gasteiger partial charge in [0, 0.05) is 17.1 Å². The predicted octanol–water partition coefficient (Wildman–Crippen LogP) is 2.53. The largest absolute Gasteiger partial charge is 0.270 e. The fourth-order valence-corrected chi connectivity index (χ4v) is 1.95. The second-order valence-corrected chi connectivity index (χ2v) is 4.18. The van der Waals surface area contributed by atoms with Crippen molar-refractivity contribution < 1.29 is 4.79 Å². The minimum absolute atomic E-state index is 0.168. The normalized spacial score (nSPS) is 10.3. The van der Waals surface area contributed by atoms with Gasteiger partial charge in [-0.1, -0.05) is 36.4 Å². The van der Waals surface area contributed by atoms with Crippen LogP contribution in [0.4, 0.5) is 0 Å². The number of nitrogens with one attached hydrogen (secondary N) is 2. The van der Waals surface area contributed by atoms with Crippen molar-refractivity contribution in [3.05, 3.63) is 72.4 Å². The van der Waals surface area contributed by atoms with Crippen molar-refractivity contribution in [3.63, 3.8) is 0 Å². The van der Waals surface area contributed by atoms with Crippen molar-refractivity contribution in [1.82, 2.24) is 10.1 Å². The molecule has 1 aromatic heterocycles. The summed E-state index contributed by atoms with van der Waals surface area (Å²) in [4.78, 5) is 11.9. The second kappa shape index (κ2) is 4.86. The van der Waals surface area contributed by atoms with Crippen molar-refractivity contribution in [2.24, 2.45) is 0 Å². The highest BCUT2D eigenvalue weighted by Gasteiger charge is 2.04. The lowest BCUT2D eigenvalue weighted by Crippen LogP contribution is -2.35. The molecule has 0 saturated heterocycles. The first-order chi connectivity index (χ1) is 9.34. The molecule has 0 saturated carbocycles. The van der Waals surface area contributed by atoms with E-state index in [0.29, 0.717) is 5.56 Å². The van der Waals surface area contributed by atoms with Crippen molar-refractivity contribution in [3.8, 4) is 0 Å². The Kier molecular flexibility index (Phi) is 2.90. The molecular formula is C15H13N3O. The number of benzene rings is 2. The predicted molar refractivity (Wildman–Crippen MR) is 75.2 cm³/mol. The number of amides is 1. The molecule has 0 radical (unpaired) electrons. The monoisotopic (exact) mass is 251 g/mol. The van der Waals surface area contributed by atoms with Gasteiger partial charge < -0.3 is 0 Å². The van der Waals surface area contributed by atoms with E-state index >= 15 is 0 Å². The first kappa shape index (κ1) is 11.3. The van der Waals surface area contributed by atoms with E-state index in [4.69, 9.17) is 0 Å². The van der Waals surface area contributed by atoms with Gasteiger partial charge in [-0.25, -0.2) is 10.2 Å². The maximum atomic E-state index is 11.9. The van der Waals surface area contributed by atoms with E-state index in [9.17, 15) is 4.79 Å². The zero-order valence-electron chi connectivity index (χ0n) is 10.2. The van der Waals surface area contributed by atoms with Crippen molar-refractivity contribution in [2.75, 3.05) is 5.53 Å². The van der Waals surface area contributed by atoms with Crippen LogP contribution in [0.25, 0.3) is 10.9 Å². The van der Waals surface area contributed by atoms with Crippen LogP contribution in [-0.2, 0) is 0 Å². The summed E-state index contributed by atoms with van der Waals surface area (Å²) in [5.74, 6) is -0.168. The van der Waals surface area contributed by atoms with E-state index in [1.54, 1.807) is 16.8 Å². The summed E-state index contributed by atoms with van der Waals surface area (Å²) < 4.78 is 1.77. The number of carbonyl (C=O) groups is 1. The fraction of sp³-hybridized carbons (Fsp3) is 0. The highest BCUT2D eigenvalue weighted by molar-refractivity contribution is 5.94. The molecule has 1 heterocycles. The van der Waals surface area contributed by atoms with Gasteiger partial charge in [0.15, 0.2) is 0 Å². The summed E-state index contributed by atoms with van der Waals surface area (Å²) >= 11 is 0. The molecule has 0 aliphatic carbocycles. The molecule has 3 aromatic rings. The molecule has 0 aliphatic heterocycles. The van der Waals surface area contributed by atoms with Gasteiger partial charge in [0.1, 0.15) is 0 Å². The van der Waals surface area contributed by atoms with Crippen LogP contribution in [0.15, 0.2) is 66.9 Å². The lowest BCUT2D eigenvalue weighted by atomic mass is 10.2. The zero-order valence-corrected chi connectivity index (χ0v) is 10.2. The van der Waals surface area contributed by atoms with Crippen molar-refractivity contribution in [2.45, 2.75) is 0 Å². The van der Waals surface area contributed by atoms with Crippen molar-refractivity contribution >= 4 is 16.8 Å². The molecular weight excluding hydrogens is 238 g/mol. The van der Waals surface area contributed by atoms with Crippen molar-refractivity contribution in [1.29, 1.82) is 0 Å². The average molecular weight is 251 g/mol. The number of para-hydroxylation sites is 1. The third-order valence-electron chi connectivity index (χ3n) is 2.93. The molecule has 0 aliphatic rings. The molecule has 19 heavy (non-hydrogen) atoms. The minimum atomic E-state index is -0.168. The summed E-state index contributed by atoms with van der Waals surface area (Å²) in [6, 6.07) is 19.0. The average Bonchev–Trinajstić information content (AvgIpc) is 2.89. The Labute approximate surface area is 110 Å². The maximum absolute atomic E-state index is 11.9. The van der Waals surface area contributed by atoms with Gasteiger partial charge in [-0.2, -0.15) is 0 Å². The maximum Gasteiger partial charge on any atom is 0.270 e. The van der Waals surface area contributed by atoms with Gasteiger partial charge in [0.05, 0.1) is 5.52 Å². The topological polar surface area (TPSA) is 46.1 Å². The van der Waals surface area contributed by atoms with E-state index in [1.807, 2.05) is 54.7 Å². The smallest absolute Gasteiger partial charge is 0.267 e. The molecule has 3 rings (SSSR count). The van der Waals surface area contributed by atoms with E-state index in [-0.39, 0.29) is 5.91 Å². The van der Waals surface area contributed by atoms with E-state index < -0.39 is 0 Å². The quantitative estimate of drug-likeness (QED) is 0.703. The molecule has 94 valence electrons. The molecule has 0 fully saturated rings. The SMILES string of the molecule is O=C(NNn1ccc2ccccc21)c1ccccc1. The number of hydrogen-bond donors (Lipinski definition) is 2. The number of rotatable bonds is 3. The van der Waals surface area contributed by atoms with Crippen LogP contribution in [-0.4, -0.2) is 10.6 Å². The number of hydrazine groups is 1. The van der Waals surface area contributed by atoms with Gasteiger partial charge >= 0.3 is 0 Å². The summed E-state index contributed by atoms with van der Waals surface area (Å²) in [6.45, 7) is 0. The van der Waals surface area contributed by atoms with Crippen LogP contribution >= 0.6 is 0 Å². The number of hydrogen-bond acceptors (Lipinski definition) is 2. The van der Waals surface area contributed by atoms with Crippen LogP contribution in [0.2, 0.25) is 0 Å². The summed E-state index contributed by atoms with van der Waals surface area (Å²) in [5.41, 5.74) is 7.18. The molecule has 4 heteroatoms. The third kappa shape index (κ3) is 2.28. The number of carbonyl (C=O) groups excluding carboxylic acids is 1. The van der Waals surface area contributed by atoms with Gasteiger partial charge in [0.25, 0.3) is 5.91 Å². The molecule has 2 aromatic carbocycles. The highest BCUT2D eigenvalue weighted by atomic mass is 16.2. The molecule has 0 spiro atoms. The Bertz CT molecular complexity index is 703. The summed E-state index contributed by atoms with van der Waals surface area (Å²) in [7, 11) is 0. The van der Waals surface area contributed by atoms with Gasteiger partial charge in [-0.05, 0) is 24.3 Å². The van der Waals surface area contributed by atoms with Crippen LogP contribution < -0.4 is 11.0 Å². The Balaban J connectivity index is 1.75. The molecule has 2 N–H and O–H groups in total. The van der Waals surface area contributed by atoms with Crippen LogP contribution in [0, 0.1) is 0 Å². The molecule has 1 amide bonds. The number of fused-ring (bicyclic) bond motifs is 1. The fourth-order valence-electron chi connectivity index (χ4n) is 1.95. The van der Waals surface area contributed by atoms with Crippen LogP contribution in [0.1, 0.15) is 10.4 Å². The Morgan fingerprint density at radius 2 is 1.63 bits per heavy atom. The number of aromatic nitrogens is 1. The Hall–Kier alpha value is -2.75. The molecule has 0 atom stereocenters. The molecule has 4 nitrogen and oxygen atoms in total. The van der Waals surface area contributed by atoms with Gasteiger partial charge in [-0.15, -0.1) is 0 Å². The Morgan fingerprint density at radius 1 is 0.895 bits per heavy atom. The first-order valence-electron chi connectivity index (χ1n) is 6.02. The summed E-state index contributed by atoms with van der Waals surface area (Å²) in [6.07, 6.45) is 1.87. The van der Waals surface area contributed by atoms with E-state index in [0.717, 1.165) is 10.9 Å². The zero-order chi connectivity index (χ0) is 13.1. The van der Waals surface area contributed by atoms with Crippen LogP contribution in [0.3, 0.4) is 0 Å². The van der Waals surface area contributed by atoms with Gasteiger partial charge in [0.2, 0.25) is 0 Å². The number of nitrogens with zero attached hydrogens (tertiary/aromatic N) is 1. The standard InChI is InChI=1S/C15H13N3O/c19-15(13-7-2-1-3-8-13)16-17-18-11-10-12-6-4-5-9-14(12)18/h1-11,17H,(H,16,19). The van der Waals surface area contributed by atoms with Gasteiger partial charge in [-0.3, -0.25) is 10.2 Å². The van der Waals surface area contributed by atoms with E-state index in [2.05, 4.69) is 11.0 Å². The minimum Gasteiger partial charge on any atom is -0.267 e. The molecule has 0 bridgehead atoms. The second-order valence-electron chi connectivity index (χ2n) is 4.18. The highest BCUT2D eigenvalue weighted by Crippen LogP contribution is 2.12. The first-order valence-corrected chi connectivity index (χ1v) is 6.02. The summed E-state index contributed by atoms with van der Waals surface area (Å²) in [5, 5.41) is 1.11. The lowest BCUT2D eigenvalue weighted by molar-refractivity contribution is 0.0957. The third-order valence-corrected chi connectivity index (χ3v) is 2.93. The van der Waals surface area contributed by atoms with E-state index in [1.165, 1.54) is 0 Å².